The quantitative estimate of drug-likeness (QED) is 0.547. The van der Waals surface area contributed by atoms with Crippen molar-refractivity contribution >= 4 is 0 Å². The maximum absolute atomic E-state index is 13.3. The summed E-state index contributed by atoms with van der Waals surface area (Å²) < 4.78 is 26.4. The van der Waals surface area contributed by atoms with Crippen LogP contribution in [0.1, 0.15) is 12.5 Å². The molecule has 0 unspecified atom stereocenters. The summed E-state index contributed by atoms with van der Waals surface area (Å²) in [6, 6.07) is 15.8. The second kappa shape index (κ2) is 10.3. The summed E-state index contributed by atoms with van der Waals surface area (Å²) in [5, 5.41) is 14.7. The Morgan fingerprint density at radius 1 is 1.13 bits per heavy atom. The first-order valence-corrected chi connectivity index (χ1v) is 9.92. The molecule has 0 spiro atoms. The Morgan fingerprint density at radius 3 is 2.47 bits per heavy atom. The Hall–Kier alpha value is -2.74. The third-order valence-corrected chi connectivity index (χ3v) is 4.68. The maximum atomic E-state index is 13.3. The van der Waals surface area contributed by atoms with E-state index in [0.717, 1.165) is 16.8 Å². The maximum Gasteiger partial charge on any atom is 0.222 e. The van der Waals surface area contributed by atoms with Crippen molar-refractivity contribution in [3.05, 3.63) is 66.0 Å². The average Bonchev–Trinajstić information content (AvgIpc) is 3.03. The normalized spacial score (nSPS) is 12.3. The topological polar surface area (TPSA) is 59.8 Å². The van der Waals surface area contributed by atoms with Gasteiger partial charge in [0.25, 0.3) is 0 Å². The van der Waals surface area contributed by atoms with Crippen molar-refractivity contribution in [2.45, 2.75) is 19.6 Å². The van der Waals surface area contributed by atoms with Gasteiger partial charge in [-0.3, -0.25) is 4.90 Å². The van der Waals surface area contributed by atoms with Crippen LogP contribution in [0.3, 0.4) is 0 Å². The molecule has 0 fully saturated rings. The molecule has 2 aromatic carbocycles. The van der Waals surface area contributed by atoms with Crippen LogP contribution in [0.25, 0.3) is 11.3 Å². The molecule has 7 heteroatoms. The van der Waals surface area contributed by atoms with E-state index < -0.39 is 6.10 Å². The number of aliphatic hydroxyl groups excluding tert-OH is 1. The number of aryl methyl sites for hydroxylation is 1. The predicted molar refractivity (Wildman–Crippen MR) is 114 cm³/mol. The third kappa shape index (κ3) is 5.66. The Balaban J connectivity index is 2.00. The number of aromatic nitrogens is 2. The van der Waals surface area contributed by atoms with E-state index in [-0.39, 0.29) is 5.82 Å². The first-order valence-electron chi connectivity index (χ1n) is 9.92. The lowest BCUT2D eigenvalue weighted by molar-refractivity contribution is 0.0936. The van der Waals surface area contributed by atoms with Gasteiger partial charge in [0, 0.05) is 39.4 Å². The van der Waals surface area contributed by atoms with Crippen molar-refractivity contribution in [3.8, 4) is 22.9 Å². The number of aliphatic hydroxyl groups is 1. The van der Waals surface area contributed by atoms with E-state index >= 15 is 0 Å². The Labute approximate surface area is 176 Å². The zero-order chi connectivity index (χ0) is 21.5. The van der Waals surface area contributed by atoms with Gasteiger partial charge in [-0.05, 0) is 31.2 Å². The monoisotopic (exact) mass is 413 g/mol. The van der Waals surface area contributed by atoms with Crippen molar-refractivity contribution in [2.75, 3.05) is 26.8 Å². The molecule has 6 nitrogen and oxygen atoms in total. The predicted octanol–water partition coefficient (Wildman–Crippen LogP) is 3.85. The number of rotatable bonds is 10. The largest absolute Gasteiger partial charge is 0.439 e. The first-order chi connectivity index (χ1) is 14.5. The lowest BCUT2D eigenvalue weighted by Gasteiger charge is -2.24. The molecule has 0 aliphatic rings. The van der Waals surface area contributed by atoms with Crippen molar-refractivity contribution in [1.29, 1.82) is 0 Å². The lowest BCUT2D eigenvalue weighted by Crippen LogP contribution is -2.33. The van der Waals surface area contributed by atoms with Gasteiger partial charge in [0.2, 0.25) is 5.88 Å². The van der Waals surface area contributed by atoms with Gasteiger partial charge in [0.1, 0.15) is 17.3 Å². The molecular formula is C23H28FN3O3. The SMILES string of the molecule is COCCN(Cc1c(-c2ccccc2)nn(C)c1Oc1ccc(F)cc1)C[C@@H](C)O. The van der Waals surface area contributed by atoms with Crippen LogP contribution < -0.4 is 4.74 Å². The summed E-state index contributed by atoms with van der Waals surface area (Å²) in [6.07, 6.45) is -0.486. The highest BCUT2D eigenvalue weighted by atomic mass is 19.1. The van der Waals surface area contributed by atoms with E-state index in [1.165, 1.54) is 12.1 Å². The average molecular weight is 413 g/mol. The minimum Gasteiger partial charge on any atom is -0.439 e. The van der Waals surface area contributed by atoms with Crippen LogP contribution >= 0.6 is 0 Å². The Morgan fingerprint density at radius 2 is 1.83 bits per heavy atom. The highest BCUT2D eigenvalue weighted by Crippen LogP contribution is 2.34. The fourth-order valence-corrected chi connectivity index (χ4v) is 3.32. The number of hydrogen-bond acceptors (Lipinski definition) is 5. The fraction of sp³-hybridized carbons (Fsp3) is 0.348. The van der Waals surface area contributed by atoms with E-state index in [2.05, 4.69) is 4.90 Å². The number of halogens is 1. The van der Waals surface area contributed by atoms with Crippen LogP contribution in [0.15, 0.2) is 54.6 Å². The van der Waals surface area contributed by atoms with Crippen LogP contribution in [0.5, 0.6) is 11.6 Å². The standard InChI is InChI=1S/C23H28FN3O3/c1-17(28)15-27(13-14-29-3)16-21-22(18-7-5-4-6-8-18)25-26(2)23(21)30-20-11-9-19(24)10-12-20/h4-12,17,28H,13-16H2,1-3H3/t17-/m1/s1. The molecular weight excluding hydrogens is 385 g/mol. The van der Waals surface area contributed by atoms with Gasteiger partial charge in [-0.15, -0.1) is 0 Å². The molecule has 3 aromatic rings. The molecule has 1 aromatic heterocycles. The van der Waals surface area contributed by atoms with Crippen molar-refractivity contribution < 1.29 is 19.0 Å². The fourth-order valence-electron chi connectivity index (χ4n) is 3.32. The smallest absolute Gasteiger partial charge is 0.222 e. The molecule has 0 aliphatic carbocycles. The van der Waals surface area contributed by atoms with Crippen molar-refractivity contribution in [1.82, 2.24) is 14.7 Å². The van der Waals surface area contributed by atoms with Gasteiger partial charge >= 0.3 is 0 Å². The van der Waals surface area contributed by atoms with Crippen molar-refractivity contribution in [2.24, 2.45) is 7.05 Å². The highest BCUT2D eigenvalue weighted by molar-refractivity contribution is 5.65. The molecule has 3 rings (SSSR count). The summed E-state index contributed by atoms with van der Waals surface area (Å²) in [7, 11) is 3.48. The Kier molecular flexibility index (Phi) is 7.57. The summed E-state index contributed by atoms with van der Waals surface area (Å²) in [5.41, 5.74) is 2.67. The molecule has 30 heavy (non-hydrogen) atoms. The minimum absolute atomic E-state index is 0.319. The van der Waals surface area contributed by atoms with Gasteiger partial charge in [0.15, 0.2) is 0 Å². The second-order valence-corrected chi connectivity index (χ2v) is 7.25. The van der Waals surface area contributed by atoms with Crippen LogP contribution in [0.4, 0.5) is 4.39 Å². The molecule has 0 bridgehead atoms. The van der Waals surface area contributed by atoms with Gasteiger partial charge in [-0.1, -0.05) is 30.3 Å². The summed E-state index contributed by atoms with van der Waals surface area (Å²) in [6.45, 7) is 3.96. The second-order valence-electron chi connectivity index (χ2n) is 7.25. The third-order valence-electron chi connectivity index (χ3n) is 4.68. The van der Waals surface area contributed by atoms with Crippen LogP contribution in [-0.4, -0.2) is 52.7 Å². The lowest BCUT2D eigenvalue weighted by atomic mass is 10.1. The molecule has 0 aliphatic heterocycles. The van der Waals surface area contributed by atoms with Gasteiger partial charge in [-0.25, -0.2) is 9.07 Å². The summed E-state index contributed by atoms with van der Waals surface area (Å²) in [4.78, 5) is 2.11. The van der Waals surface area contributed by atoms with E-state index in [4.69, 9.17) is 14.6 Å². The molecule has 160 valence electrons. The minimum atomic E-state index is -0.486. The van der Waals surface area contributed by atoms with Gasteiger partial charge in [-0.2, -0.15) is 5.10 Å². The van der Waals surface area contributed by atoms with Crippen LogP contribution in [-0.2, 0) is 18.3 Å². The van der Waals surface area contributed by atoms with E-state index in [1.807, 2.05) is 37.4 Å². The van der Waals surface area contributed by atoms with E-state index in [9.17, 15) is 9.50 Å². The van der Waals surface area contributed by atoms with E-state index in [0.29, 0.717) is 37.9 Å². The molecule has 1 N–H and O–H groups in total. The molecule has 0 saturated heterocycles. The molecule has 0 saturated carbocycles. The Bertz CT molecular complexity index is 927. The number of methoxy groups -OCH3 is 1. The van der Waals surface area contributed by atoms with E-state index in [1.54, 1.807) is 30.8 Å². The van der Waals surface area contributed by atoms with Crippen LogP contribution in [0.2, 0.25) is 0 Å². The zero-order valence-corrected chi connectivity index (χ0v) is 17.6. The highest BCUT2D eigenvalue weighted by Gasteiger charge is 2.22. The molecule has 0 amide bonds. The number of ether oxygens (including phenoxy) is 2. The summed E-state index contributed by atoms with van der Waals surface area (Å²) in [5.74, 6) is 0.785. The molecule has 1 heterocycles. The molecule has 1 atom stereocenters. The zero-order valence-electron chi connectivity index (χ0n) is 17.6. The number of benzene rings is 2. The van der Waals surface area contributed by atoms with Crippen molar-refractivity contribution in [3.63, 3.8) is 0 Å². The van der Waals surface area contributed by atoms with Crippen LogP contribution in [0, 0.1) is 5.82 Å². The van der Waals surface area contributed by atoms with Gasteiger partial charge in [0.05, 0.1) is 18.3 Å². The number of nitrogens with zero attached hydrogens (tertiary/aromatic N) is 3. The molecule has 0 radical (unpaired) electrons. The first kappa shape index (κ1) is 22.0. The number of hydrogen-bond donors (Lipinski definition) is 1. The van der Waals surface area contributed by atoms with Gasteiger partial charge < -0.3 is 14.6 Å². The summed E-state index contributed by atoms with van der Waals surface area (Å²) >= 11 is 0.